The molecule has 0 fully saturated rings. The molecule has 3 aromatic rings. The topological polar surface area (TPSA) is 123 Å². The van der Waals surface area contributed by atoms with E-state index in [0.717, 1.165) is 5.39 Å². The van der Waals surface area contributed by atoms with E-state index < -0.39 is 16.9 Å². The number of nitro benzene ring substituents is 1. The van der Waals surface area contributed by atoms with Crippen LogP contribution in [0.5, 0.6) is 0 Å². The van der Waals surface area contributed by atoms with Crippen molar-refractivity contribution >= 4 is 39.4 Å². The van der Waals surface area contributed by atoms with Gasteiger partial charge in [-0.3, -0.25) is 14.9 Å². The van der Waals surface area contributed by atoms with Crippen molar-refractivity contribution in [1.82, 2.24) is 5.32 Å². The number of nitrogens with zero attached hydrogens (tertiary/aromatic N) is 1. The summed E-state index contributed by atoms with van der Waals surface area (Å²) in [6, 6.07) is 8.65. The fourth-order valence-electron chi connectivity index (χ4n) is 3.08. The van der Waals surface area contributed by atoms with Gasteiger partial charge in [-0.15, -0.1) is 0 Å². The smallest absolute Gasteiger partial charge is 0.325 e. The largest absolute Gasteiger partial charge is 0.480 e. The highest BCUT2D eigenvalue weighted by molar-refractivity contribution is 6.06. The van der Waals surface area contributed by atoms with E-state index in [9.17, 15) is 24.8 Å². The van der Waals surface area contributed by atoms with Crippen molar-refractivity contribution in [2.45, 2.75) is 25.8 Å². The molecular weight excluding hydrogens is 352 g/mol. The molecule has 2 aromatic carbocycles. The second kappa shape index (κ2) is 7.55. The van der Waals surface area contributed by atoms with Crippen LogP contribution in [0.4, 0.5) is 5.69 Å². The van der Waals surface area contributed by atoms with Crippen molar-refractivity contribution in [2.75, 3.05) is 6.54 Å². The van der Waals surface area contributed by atoms with Crippen LogP contribution in [0.1, 0.15) is 31.4 Å². The van der Waals surface area contributed by atoms with Crippen molar-refractivity contribution in [1.29, 1.82) is 0 Å². The third kappa shape index (κ3) is 3.80. The first-order valence-electron chi connectivity index (χ1n) is 8.43. The highest BCUT2D eigenvalue weighted by Gasteiger charge is 2.29. The van der Waals surface area contributed by atoms with Gasteiger partial charge in [-0.2, -0.15) is 0 Å². The monoisotopic (exact) mass is 370 g/mol. The summed E-state index contributed by atoms with van der Waals surface area (Å²) in [5.74, 6) is -1.23. The van der Waals surface area contributed by atoms with Gasteiger partial charge in [0.15, 0.2) is 0 Å². The molecule has 2 N–H and O–H groups in total. The molecule has 1 aromatic heterocycles. The van der Waals surface area contributed by atoms with Crippen LogP contribution < -0.4 is 5.32 Å². The quantitative estimate of drug-likeness (QED) is 0.353. The van der Waals surface area contributed by atoms with E-state index in [2.05, 4.69) is 5.32 Å². The maximum atomic E-state index is 11.8. The zero-order valence-electron chi connectivity index (χ0n) is 14.6. The van der Waals surface area contributed by atoms with Crippen LogP contribution in [0.15, 0.2) is 40.8 Å². The number of carbonyl (C=O) groups excluding carboxylic acids is 1. The number of nitro groups is 1. The zero-order valence-corrected chi connectivity index (χ0v) is 14.6. The first kappa shape index (κ1) is 18.5. The normalized spacial score (nSPS) is 12.3. The molecule has 0 radical (unpaired) electrons. The van der Waals surface area contributed by atoms with Gasteiger partial charge in [0.2, 0.25) is 0 Å². The molecule has 0 aliphatic carbocycles. The lowest BCUT2D eigenvalue weighted by atomic mass is 10.0. The summed E-state index contributed by atoms with van der Waals surface area (Å²) < 4.78 is 5.65. The number of rotatable bonds is 8. The Morgan fingerprint density at radius 1 is 1.22 bits per heavy atom. The van der Waals surface area contributed by atoms with E-state index in [1.54, 1.807) is 12.1 Å². The molecule has 0 aliphatic heterocycles. The van der Waals surface area contributed by atoms with Gasteiger partial charge < -0.3 is 19.6 Å². The van der Waals surface area contributed by atoms with Gasteiger partial charge in [0.05, 0.1) is 16.6 Å². The van der Waals surface area contributed by atoms with Crippen LogP contribution >= 0.6 is 0 Å². The van der Waals surface area contributed by atoms with E-state index in [4.69, 9.17) is 4.42 Å². The van der Waals surface area contributed by atoms with Crippen molar-refractivity contribution in [3.05, 3.63) is 52.1 Å². The molecule has 0 bridgehead atoms. The van der Waals surface area contributed by atoms with E-state index >= 15 is 0 Å². The third-order valence-corrected chi connectivity index (χ3v) is 4.33. The van der Waals surface area contributed by atoms with Crippen LogP contribution in [0.25, 0.3) is 21.9 Å². The molecule has 8 nitrogen and oxygen atoms in total. The standard InChI is InChI=1S/C19H18N2O6/c1-11(22)5-4-8-20-18(19(23)24)14-9-13-12-6-2-3-7-16(12)27-17(13)10-15(14)21(25)26/h2-3,6-7,9-10,18,20H,4-5,8H2,1H3,(H,23,24). The molecule has 0 saturated carbocycles. The Morgan fingerprint density at radius 2 is 1.96 bits per heavy atom. The molecule has 0 spiro atoms. The number of ketones is 1. The van der Waals surface area contributed by atoms with Crippen LogP contribution in [0, 0.1) is 10.1 Å². The number of aliphatic carboxylic acids is 1. The second-order valence-corrected chi connectivity index (χ2v) is 6.29. The number of Topliss-reactive ketones (excluding diaryl/α,β-unsaturated/α-hetero) is 1. The third-order valence-electron chi connectivity index (χ3n) is 4.33. The molecule has 0 saturated heterocycles. The van der Waals surface area contributed by atoms with Gasteiger partial charge in [0.1, 0.15) is 23.0 Å². The predicted octanol–water partition coefficient (Wildman–Crippen LogP) is 3.58. The summed E-state index contributed by atoms with van der Waals surface area (Å²) in [5, 5.41) is 25.3. The Hall–Kier alpha value is -3.26. The molecule has 27 heavy (non-hydrogen) atoms. The summed E-state index contributed by atoms with van der Waals surface area (Å²) in [6.07, 6.45) is 0.761. The van der Waals surface area contributed by atoms with Gasteiger partial charge in [-0.1, -0.05) is 18.2 Å². The number of benzene rings is 2. The lowest BCUT2D eigenvalue weighted by molar-refractivity contribution is -0.385. The number of carboxylic acids is 1. The van der Waals surface area contributed by atoms with Gasteiger partial charge in [-0.25, -0.2) is 0 Å². The molecule has 1 heterocycles. The summed E-state index contributed by atoms with van der Waals surface area (Å²) in [5.41, 5.74) is 0.620. The Kier molecular flexibility index (Phi) is 5.18. The molecule has 1 atom stereocenters. The van der Waals surface area contributed by atoms with Crippen LogP contribution in [-0.4, -0.2) is 28.3 Å². The Labute approximate surface area is 153 Å². The van der Waals surface area contributed by atoms with Crippen molar-refractivity contribution < 1.29 is 24.0 Å². The van der Waals surface area contributed by atoms with E-state index in [1.165, 1.54) is 19.1 Å². The number of hydrogen-bond donors (Lipinski definition) is 2. The van der Waals surface area contributed by atoms with E-state index in [0.29, 0.717) is 29.4 Å². The Bertz CT molecular complexity index is 1040. The molecule has 0 amide bonds. The Morgan fingerprint density at radius 3 is 2.63 bits per heavy atom. The molecular formula is C19H18N2O6. The lowest BCUT2D eigenvalue weighted by Crippen LogP contribution is -2.30. The second-order valence-electron chi connectivity index (χ2n) is 6.29. The molecule has 0 aliphatic rings. The molecule has 8 heteroatoms. The SMILES string of the molecule is CC(=O)CCCNC(C(=O)O)c1cc2c(cc1[N+](=O)[O-])oc1ccccc12. The minimum atomic E-state index is -1.27. The highest BCUT2D eigenvalue weighted by atomic mass is 16.6. The minimum Gasteiger partial charge on any atom is -0.480 e. The maximum Gasteiger partial charge on any atom is 0.325 e. The highest BCUT2D eigenvalue weighted by Crippen LogP contribution is 2.36. The van der Waals surface area contributed by atoms with Crippen LogP contribution in [-0.2, 0) is 9.59 Å². The van der Waals surface area contributed by atoms with Crippen molar-refractivity contribution in [3.8, 4) is 0 Å². The number of furan rings is 1. The van der Waals surface area contributed by atoms with Gasteiger partial charge in [0.25, 0.3) is 5.69 Å². The van der Waals surface area contributed by atoms with Crippen molar-refractivity contribution in [2.24, 2.45) is 0 Å². The number of carboxylic acid groups (broad SMARTS) is 1. The molecule has 3 rings (SSSR count). The summed E-state index contributed by atoms with van der Waals surface area (Å²) in [6.45, 7) is 1.70. The average molecular weight is 370 g/mol. The van der Waals surface area contributed by atoms with Crippen LogP contribution in [0.2, 0.25) is 0 Å². The first-order chi connectivity index (χ1) is 12.9. The number of para-hydroxylation sites is 1. The zero-order chi connectivity index (χ0) is 19.6. The average Bonchev–Trinajstić information content (AvgIpc) is 2.97. The summed E-state index contributed by atoms with van der Waals surface area (Å²) >= 11 is 0. The fraction of sp³-hybridized carbons (Fsp3) is 0.263. The molecule has 1 unspecified atom stereocenters. The van der Waals surface area contributed by atoms with Crippen molar-refractivity contribution in [3.63, 3.8) is 0 Å². The summed E-state index contributed by atoms with van der Waals surface area (Å²) in [7, 11) is 0. The molecule has 140 valence electrons. The van der Waals surface area contributed by atoms with Gasteiger partial charge >= 0.3 is 5.97 Å². The van der Waals surface area contributed by atoms with Gasteiger partial charge in [0, 0.05) is 17.2 Å². The number of carbonyl (C=O) groups is 2. The fourth-order valence-corrected chi connectivity index (χ4v) is 3.08. The van der Waals surface area contributed by atoms with E-state index in [1.807, 2.05) is 12.1 Å². The lowest BCUT2D eigenvalue weighted by Gasteiger charge is -2.15. The predicted molar refractivity (Wildman–Crippen MR) is 98.7 cm³/mol. The summed E-state index contributed by atoms with van der Waals surface area (Å²) in [4.78, 5) is 33.7. The minimum absolute atomic E-state index is 0.000872. The number of nitrogens with one attached hydrogen (secondary N) is 1. The number of fused-ring (bicyclic) bond motifs is 3. The first-order valence-corrected chi connectivity index (χ1v) is 8.43. The Balaban J connectivity index is 2.06. The van der Waals surface area contributed by atoms with Gasteiger partial charge in [-0.05, 0) is 32.0 Å². The maximum absolute atomic E-state index is 11.8. The number of hydrogen-bond acceptors (Lipinski definition) is 6. The van der Waals surface area contributed by atoms with E-state index in [-0.39, 0.29) is 23.6 Å². The van der Waals surface area contributed by atoms with Crippen LogP contribution in [0.3, 0.4) is 0 Å².